The molecule has 4 saturated carbocycles. The van der Waals surface area contributed by atoms with E-state index in [2.05, 4.69) is 20.8 Å². The van der Waals surface area contributed by atoms with Gasteiger partial charge in [-0.05, 0) is 98.2 Å². The molecule has 4 rings (SSSR count). The van der Waals surface area contributed by atoms with Gasteiger partial charge in [-0.25, -0.2) is 0 Å². The fourth-order valence-electron chi connectivity index (χ4n) is 9.36. The maximum atomic E-state index is 12.2. The van der Waals surface area contributed by atoms with Crippen LogP contribution in [0.15, 0.2) is 0 Å². The molecule has 4 aliphatic rings. The maximum absolute atomic E-state index is 12.2. The second kappa shape index (κ2) is 9.46. The number of rotatable bonds is 6. The second-order valence-electron chi connectivity index (χ2n) is 12.5. The predicted octanol–water partition coefficient (Wildman–Crippen LogP) is 5.62. The molecular formula is C28H44O6. The Hall–Kier alpha value is -1.59. The molecule has 4 aliphatic carbocycles. The molecular weight excluding hydrogens is 432 g/mol. The number of carbonyl (C=O) groups excluding carboxylic acids is 2. The van der Waals surface area contributed by atoms with Gasteiger partial charge in [0.05, 0.1) is 0 Å². The predicted molar refractivity (Wildman–Crippen MR) is 128 cm³/mol. The Balaban J connectivity index is 1.59. The zero-order valence-electron chi connectivity index (χ0n) is 21.7. The number of aliphatic carboxylic acids is 1. The van der Waals surface area contributed by atoms with E-state index in [1.165, 1.54) is 20.3 Å². The molecule has 0 aromatic rings. The summed E-state index contributed by atoms with van der Waals surface area (Å²) in [5.41, 5.74) is 0.363. The van der Waals surface area contributed by atoms with Crippen LogP contribution in [0.4, 0.5) is 0 Å². The fourth-order valence-corrected chi connectivity index (χ4v) is 9.36. The van der Waals surface area contributed by atoms with Gasteiger partial charge < -0.3 is 14.6 Å². The zero-order valence-corrected chi connectivity index (χ0v) is 21.7. The van der Waals surface area contributed by atoms with Crippen molar-refractivity contribution in [2.24, 2.45) is 46.3 Å². The first-order chi connectivity index (χ1) is 16.0. The van der Waals surface area contributed by atoms with Gasteiger partial charge in [0.15, 0.2) is 0 Å². The minimum Gasteiger partial charge on any atom is -0.481 e. The van der Waals surface area contributed by atoms with Gasteiger partial charge in [0, 0.05) is 26.2 Å². The van der Waals surface area contributed by atoms with Gasteiger partial charge in [-0.3, -0.25) is 14.4 Å². The summed E-state index contributed by atoms with van der Waals surface area (Å²) >= 11 is 0. The molecule has 0 bridgehead atoms. The van der Waals surface area contributed by atoms with E-state index >= 15 is 0 Å². The first-order valence-electron chi connectivity index (χ1n) is 13.5. The topological polar surface area (TPSA) is 89.9 Å². The standard InChI is InChI=1S/C28H44O6/c1-16(6-9-25(31)32)21-7-8-22-26-23(11-13-28(21,22)5)27(4)12-10-20(33-17(2)29)14-19(27)15-24(26)34-18(3)30/h16,19-24,26H,6-15H2,1-5H3,(H,31,32)/t16?,19?,20-,21?,22?,23?,24+,26?,27?,28?/m1/s1. The van der Waals surface area contributed by atoms with Crippen LogP contribution < -0.4 is 0 Å². The number of carboxylic acid groups (broad SMARTS) is 1. The Morgan fingerprint density at radius 1 is 0.912 bits per heavy atom. The lowest BCUT2D eigenvalue weighted by molar-refractivity contribution is -0.197. The van der Waals surface area contributed by atoms with Gasteiger partial charge in [-0.2, -0.15) is 0 Å². The summed E-state index contributed by atoms with van der Waals surface area (Å²) in [5, 5.41) is 9.20. The molecule has 0 saturated heterocycles. The summed E-state index contributed by atoms with van der Waals surface area (Å²) in [6.07, 6.45) is 9.20. The van der Waals surface area contributed by atoms with Crippen molar-refractivity contribution in [2.75, 3.05) is 0 Å². The summed E-state index contributed by atoms with van der Waals surface area (Å²) in [4.78, 5) is 35.0. The van der Waals surface area contributed by atoms with Crippen molar-refractivity contribution in [1.82, 2.24) is 0 Å². The molecule has 0 radical (unpaired) electrons. The maximum Gasteiger partial charge on any atom is 0.303 e. The van der Waals surface area contributed by atoms with Gasteiger partial charge in [0.1, 0.15) is 12.2 Å². The zero-order chi connectivity index (χ0) is 24.8. The van der Waals surface area contributed by atoms with E-state index in [4.69, 9.17) is 9.47 Å². The molecule has 0 heterocycles. The molecule has 6 heteroatoms. The molecule has 34 heavy (non-hydrogen) atoms. The third kappa shape index (κ3) is 4.51. The highest BCUT2D eigenvalue weighted by Gasteiger charge is 2.63. The van der Waals surface area contributed by atoms with Crippen molar-refractivity contribution in [1.29, 1.82) is 0 Å². The van der Waals surface area contributed by atoms with Gasteiger partial charge in [-0.15, -0.1) is 0 Å². The van der Waals surface area contributed by atoms with E-state index < -0.39 is 5.97 Å². The van der Waals surface area contributed by atoms with Gasteiger partial charge >= 0.3 is 17.9 Å². The first-order valence-corrected chi connectivity index (χ1v) is 13.5. The molecule has 1 N–H and O–H groups in total. The third-order valence-corrected chi connectivity index (χ3v) is 10.8. The Morgan fingerprint density at radius 2 is 1.56 bits per heavy atom. The summed E-state index contributed by atoms with van der Waals surface area (Å²) in [6, 6.07) is 0. The quantitative estimate of drug-likeness (QED) is 0.501. The van der Waals surface area contributed by atoms with Gasteiger partial charge in [-0.1, -0.05) is 20.8 Å². The summed E-state index contributed by atoms with van der Waals surface area (Å²) in [7, 11) is 0. The molecule has 6 nitrogen and oxygen atoms in total. The molecule has 0 amide bonds. The largest absolute Gasteiger partial charge is 0.481 e. The Labute approximate surface area is 204 Å². The number of carboxylic acids is 1. The average Bonchev–Trinajstić information content (AvgIpc) is 3.09. The van der Waals surface area contributed by atoms with E-state index in [0.717, 1.165) is 51.4 Å². The number of hydrogen-bond donors (Lipinski definition) is 1. The lowest BCUT2D eigenvalue weighted by atomic mass is 9.43. The van der Waals surface area contributed by atoms with E-state index in [9.17, 15) is 19.5 Å². The van der Waals surface area contributed by atoms with E-state index in [0.29, 0.717) is 35.5 Å². The fraction of sp³-hybridized carbons (Fsp3) is 0.893. The molecule has 4 fully saturated rings. The smallest absolute Gasteiger partial charge is 0.303 e. The summed E-state index contributed by atoms with van der Waals surface area (Å²) < 4.78 is 11.7. The molecule has 10 atom stereocenters. The van der Waals surface area contributed by atoms with Crippen LogP contribution in [-0.2, 0) is 23.9 Å². The number of hydrogen-bond acceptors (Lipinski definition) is 5. The van der Waals surface area contributed by atoms with Crippen LogP contribution in [0.2, 0.25) is 0 Å². The Bertz CT molecular complexity index is 809. The van der Waals surface area contributed by atoms with Gasteiger partial charge in [0.25, 0.3) is 0 Å². The first kappa shape index (κ1) is 25.5. The van der Waals surface area contributed by atoms with Crippen molar-refractivity contribution in [3.05, 3.63) is 0 Å². The van der Waals surface area contributed by atoms with Crippen LogP contribution in [-0.4, -0.2) is 35.2 Å². The minimum atomic E-state index is -0.708. The number of ether oxygens (including phenoxy) is 2. The molecule has 0 aliphatic heterocycles. The molecule has 0 spiro atoms. The Morgan fingerprint density at radius 3 is 2.21 bits per heavy atom. The van der Waals surface area contributed by atoms with Crippen molar-refractivity contribution in [2.45, 2.75) is 111 Å². The van der Waals surface area contributed by atoms with Crippen molar-refractivity contribution >= 4 is 17.9 Å². The van der Waals surface area contributed by atoms with Crippen molar-refractivity contribution < 1.29 is 29.0 Å². The normalized spacial score (nSPS) is 44.2. The van der Waals surface area contributed by atoms with Crippen LogP contribution in [0.3, 0.4) is 0 Å². The number of esters is 2. The van der Waals surface area contributed by atoms with Crippen molar-refractivity contribution in [3.8, 4) is 0 Å². The highest BCUT2D eigenvalue weighted by molar-refractivity contribution is 5.67. The van der Waals surface area contributed by atoms with E-state index in [1.54, 1.807) is 0 Å². The second-order valence-corrected chi connectivity index (χ2v) is 12.5. The van der Waals surface area contributed by atoms with Crippen LogP contribution in [0.1, 0.15) is 98.8 Å². The summed E-state index contributed by atoms with van der Waals surface area (Å²) in [5.74, 6) is 1.59. The van der Waals surface area contributed by atoms with Crippen LogP contribution in [0.25, 0.3) is 0 Å². The number of carbonyl (C=O) groups is 3. The van der Waals surface area contributed by atoms with Crippen LogP contribution >= 0.6 is 0 Å². The highest BCUT2D eigenvalue weighted by atomic mass is 16.5. The SMILES string of the molecule is CC(=O)O[C@@H]1CCC2(C)C(C1)C[C@H](OC(C)=O)C1C2CCC2(C)C(C(C)CCC(=O)O)CCC12. The minimum absolute atomic E-state index is 0.0232. The van der Waals surface area contributed by atoms with Crippen LogP contribution in [0, 0.1) is 46.3 Å². The molecule has 8 unspecified atom stereocenters. The Kier molecular flexibility index (Phi) is 7.10. The van der Waals surface area contributed by atoms with Crippen LogP contribution in [0.5, 0.6) is 0 Å². The lowest BCUT2D eigenvalue weighted by Gasteiger charge is -2.62. The van der Waals surface area contributed by atoms with Crippen molar-refractivity contribution in [3.63, 3.8) is 0 Å². The van der Waals surface area contributed by atoms with Gasteiger partial charge in [0.2, 0.25) is 0 Å². The average molecular weight is 477 g/mol. The molecule has 192 valence electrons. The number of fused-ring (bicyclic) bond motifs is 5. The summed E-state index contributed by atoms with van der Waals surface area (Å²) in [6.45, 7) is 10.2. The monoisotopic (exact) mass is 476 g/mol. The third-order valence-electron chi connectivity index (χ3n) is 10.8. The molecule has 0 aromatic carbocycles. The highest BCUT2D eigenvalue weighted by Crippen LogP contribution is 2.68. The lowest BCUT2D eigenvalue weighted by Crippen LogP contribution is -2.59. The molecule has 0 aromatic heterocycles. The van der Waals surface area contributed by atoms with E-state index in [-0.39, 0.29) is 41.4 Å². The van der Waals surface area contributed by atoms with E-state index in [1.807, 2.05) is 0 Å².